The lowest BCUT2D eigenvalue weighted by atomic mass is 9.91. The van der Waals surface area contributed by atoms with E-state index >= 15 is 0 Å². The number of nitrogens with zero attached hydrogens (tertiary/aromatic N) is 1. The fraction of sp³-hybridized carbons (Fsp3) is 1.00. The molecule has 3 N–H and O–H groups in total. The Hall–Kier alpha value is -0.120. The van der Waals surface area contributed by atoms with Crippen LogP contribution in [0.5, 0.6) is 0 Å². The minimum absolute atomic E-state index is 0.206. The molecule has 1 aliphatic heterocycles. The summed E-state index contributed by atoms with van der Waals surface area (Å²) in [6, 6.07) is 0. The van der Waals surface area contributed by atoms with Gasteiger partial charge in [-0.2, -0.15) is 0 Å². The maximum atomic E-state index is 5.99. The molecule has 2 fully saturated rings. The van der Waals surface area contributed by atoms with E-state index in [1.165, 1.54) is 45.2 Å². The minimum Gasteiger partial charge on any atom is -0.329 e. The molecule has 0 spiro atoms. The van der Waals surface area contributed by atoms with E-state index in [1.807, 2.05) is 0 Å². The summed E-state index contributed by atoms with van der Waals surface area (Å²) in [4.78, 5) is 0. The summed E-state index contributed by atoms with van der Waals surface area (Å²) in [6.07, 6.45) is 7.95. The zero-order chi connectivity index (χ0) is 10.7. The summed E-state index contributed by atoms with van der Waals surface area (Å²) in [6.45, 7) is 5.45. The average molecular weight is 211 g/mol. The monoisotopic (exact) mass is 211 g/mol. The van der Waals surface area contributed by atoms with E-state index in [2.05, 4.69) is 17.4 Å². The number of nitrogens with two attached hydrogens (primary N) is 1. The molecule has 1 unspecified atom stereocenters. The second-order valence-electron chi connectivity index (χ2n) is 5.15. The van der Waals surface area contributed by atoms with Crippen molar-refractivity contribution in [1.29, 1.82) is 0 Å². The second kappa shape index (κ2) is 4.81. The summed E-state index contributed by atoms with van der Waals surface area (Å²) in [5, 5.41) is 2.41. The van der Waals surface area contributed by atoms with Gasteiger partial charge in [-0.1, -0.05) is 13.3 Å². The highest BCUT2D eigenvalue weighted by molar-refractivity contribution is 5.00. The summed E-state index contributed by atoms with van der Waals surface area (Å²) < 4.78 is 0. The molecule has 88 valence electrons. The molecule has 0 amide bonds. The van der Waals surface area contributed by atoms with Crippen LogP contribution in [-0.4, -0.2) is 30.2 Å². The molecule has 0 aromatic carbocycles. The van der Waals surface area contributed by atoms with Crippen LogP contribution in [0.2, 0.25) is 0 Å². The molecular formula is C12H25N3. The number of piperidine rings is 1. The highest BCUT2D eigenvalue weighted by atomic mass is 15.5. The summed E-state index contributed by atoms with van der Waals surface area (Å²) in [5.74, 6) is 0.828. The van der Waals surface area contributed by atoms with Crippen molar-refractivity contribution < 1.29 is 0 Å². The lowest BCUT2D eigenvalue weighted by Gasteiger charge is -2.40. The molecule has 0 radical (unpaired) electrons. The Balaban J connectivity index is 1.92. The zero-order valence-corrected chi connectivity index (χ0v) is 9.97. The molecule has 1 heterocycles. The second-order valence-corrected chi connectivity index (χ2v) is 5.15. The maximum Gasteiger partial charge on any atom is 0.0473 e. The van der Waals surface area contributed by atoms with Gasteiger partial charge >= 0.3 is 0 Å². The molecule has 1 saturated carbocycles. The standard InChI is InChI=1S/C12H25N3/c1-2-12(10-13,11-6-7-11)14-15-8-4-3-5-9-15/h11,14H,2-10,13H2,1H3. The molecule has 0 aromatic rings. The molecule has 3 nitrogen and oxygen atoms in total. The molecule has 1 saturated heterocycles. The lowest BCUT2D eigenvalue weighted by molar-refractivity contribution is 0.0686. The van der Waals surface area contributed by atoms with Crippen molar-refractivity contribution in [3.63, 3.8) is 0 Å². The van der Waals surface area contributed by atoms with Crippen LogP contribution >= 0.6 is 0 Å². The third-order valence-corrected chi connectivity index (χ3v) is 4.09. The molecule has 2 rings (SSSR count). The van der Waals surface area contributed by atoms with Gasteiger partial charge in [-0.25, -0.2) is 10.4 Å². The van der Waals surface area contributed by atoms with Crippen LogP contribution in [0, 0.1) is 5.92 Å². The van der Waals surface area contributed by atoms with Crippen LogP contribution in [-0.2, 0) is 0 Å². The van der Waals surface area contributed by atoms with Crippen molar-refractivity contribution in [3.8, 4) is 0 Å². The highest BCUT2D eigenvalue weighted by Gasteiger charge is 2.43. The predicted octanol–water partition coefficient (Wildman–Crippen LogP) is 1.49. The fourth-order valence-corrected chi connectivity index (χ4v) is 2.77. The SMILES string of the molecule is CCC(CN)(NN1CCCCC1)C1CC1. The quantitative estimate of drug-likeness (QED) is 0.724. The van der Waals surface area contributed by atoms with E-state index in [0.29, 0.717) is 0 Å². The van der Waals surface area contributed by atoms with Gasteiger partial charge in [0.25, 0.3) is 0 Å². The third kappa shape index (κ3) is 2.52. The van der Waals surface area contributed by atoms with E-state index in [9.17, 15) is 0 Å². The average Bonchev–Trinajstić information content (AvgIpc) is 3.12. The molecule has 1 atom stereocenters. The van der Waals surface area contributed by atoms with E-state index in [0.717, 1.165) is 18.9 Å². The van der Waals surface area contributed by atoms with E-state index in [1.54, 1.807) is 0 Å². The molecule has 0 bridgehead atoms. The maximum absolute atomic E-state index is 5.99. The van der Waals surface area contributed by atoms with Crippen LogP contribution in [0.15, 0.2) is 0 Å². The summed E-state index contributed by atoms with van der Waals surface area (Å²) >= 11 is 0. The summed E-state index contributed by atoms with van der Waals surface area (Å²) in [7, 11) is 0. The van der Waals surface area contributed by atoms with Gasteiger partial charge in [-0.05, 0) is 38.0 Å². The van der Waals surface area contributed by atoms with Crippen LogP contribution in [0.3, 0.4) is 0 Å². The van der Waals surface area contributed by atoms with Crippen molar-refractivity contribution in [3.05, 3.63) is 0 Å². The topological polar surface area (TPSA) is 41.3 Å². The van der Waals surface area contributed by atoms with Crippen LogP contribution < -0.4 is 11.2 Å². The first-order valence-electron chi connectivity index (χ1n) is 6.53. The van der Waals surface area contributed by atoms with Gasteiger partial charge in [0.2, 0.25) is 0 Å². The molecule has 1 aliphatic carbocycles. The first kappa shape index (κ1) is 11.4. The number of hydrazine groups is 1. The lowest BCUT2D eigenvalue weighted by Crippen LogP contribution is -2.60. The van der Waals surface area contributed by atoms with E-state index < -0.39 is 0 Å². The Labute approximate surface area is 93.4 Å². The number of hydrogen-bond donors (Lipinski definition) is 2. The van der Waals surface area contributed by atoms with E-state index in [4.69, 9.17) is 5.73 Å². The van der Waals surface area contributed by atoms with Gasteiger partial charge < -0.3 is 5.73 Å². The first-order valence-corrected chi connectivity index (χ1v) is 6.53. The van der Waals surface area contributed by atoms with Gasteiger partial charge in [0.1, 0.15) is 0 Å². The van der Waals surface area contributed by atoms with Gasteiger partial charge in [0.05, 0.1) is 0 Å². The van der Waals surface area contributed by atoms with Crippen molar-refractivity contribution in [2.24, 2.45) is 11.7 Å². The van der Waals surface area contributed by atoms with E-state index in [-0.39, 0.29) is 5.54 Å². The van der Waals surface area contributed by atoms with Gasteiger partial charge in [0, 0.05) is 25.2 Å². The van der Waals surface area contributed by atoms with Crippen molar-refractivity contribution >= 4 is 0 Å². The fourth-order valence-electron chi connectivity index (χ4n) is 2.77. The number of hydrogen-bond acceptors (Lipinski definition) is 3. The Bertz CT molecular complexity index is 191. The molecule has 2 aliphatic rings. The van der Waals surface area contributed by atoms with Gasteiger partial charge in [-0.15, -0.1) is 0 Å². The normalized spacial score (nSPS) is 27.6. The number of nitrogens with one attached hydrogen (secondary N) is 1. The zero-order valence-electron chi connectivity index (χ0n) is 9.97. The third-order valence-electron chi connectivity index (χ3n) is 4.09. The number of rotatable bonds is 5. The van der Waals surface area contributed by atoms with Crippen LogP contribution in [0.25, 0.3) is 0 Å². The predicted molar refractivity (Wildman–Crippen MR) is 63.4 cm³/mol. The minimum atomic E-state index is 0.206. The Morgan fingerprint density at radius 3 is 2.40 bits per heavy atom. The van der Waals surface area contributed by atoms with Gasteiger partial charge in [0.15, 0.2) is 0 Å². The molecule has 0 aromatic heterocycles. The highest BCUT2D eigenvalue weighted by Crippen LogP contribution is 2.41. The smallest absolute Gasteiger partial charge is 0.0473 e. The van der Waals surface area contributed by atoms with Crippen LogP contribution in [0.4, 0.5) is 0 Å². The summed E-state index contributed by atoms with van der Waals surface area (Å²) in [5.41, 5.74) is 9.93. The molecular weight excluding hydrogens is 186 g/mol. The Morgan fingerprint density at radius 1 is 1.27 bits per heavy atom. The van der Waals surface area contributed by atoms with Crippen molar-refractivity contribution in [2.45, 2.75) is 51.0 Å². The van der Waals surface area contributed by atoms with Crippen molar-refractivity contribution in [2.75, 3.05) is 19.6 Å². The van der Waals surface area contributed by atoms with Crippen molar-refractivity contribution in [1.82, 2.24) is 10.4 Å². The molecule has 15 heavy (non-hydrogen) atoms. The largest absolute Gasteiger partial charge is 0.329 e. The Morgan fingerprint density at radius 2 is 1.93 bits per heavy atom. The van der Waals surface area contributed by atoms with Crippen LogP contribution in [0.1, 0.15) is 45.4 Å². The first-order chi connectivity index (χ1) is 7.30. The van der Waals surface area contributed by atoms with Gasteiger partial charge in [-0.3, -0.25) is 0 Å². The Kier molecular flexibility index (Phi) is 3.65. The molecule has 3 heteroatoms.